The number of nitrogens with one attached hydrogen (secondary N) is 2. The van der Waals surface area contributed by atoms with E-state index >= 15 is 0 Å². The van der Waals surface area contributed by atoms with E-state index in [0.29, 0.717) is 32.9 Å². The highest BCUT2D eigenvalue weighted by Gasteiger charge is 2.12. The fourth-order valence-corrected chi connectivity index (χ4v) is 2.85. The summed E-state index contributed by atoms with van der Waals surface area (Å²) in [5, 5.41) is 6.99. The van der Waals surface area contributed by atoms with Crippen molar-refractivity contribution < 1.29 is 4.79 Å². The molecule has 0 fully saturated rings. The summed E-state index contributed by atoms with van der Waals surface area (Å²) in [4.78, 5) is 18.0. The second-order valence-electron chi connectivity index (χ2n) is 5.78. The first kappa shape index (κ1) is 18.9. The van der Waals surface area contributed by atoms with Crippen LogP contribution in [-0.2, 0) is 11.5 Å². The van der Waals surface area contributed by atoms with Crippen molar-refractivity contribution in [2.45, 2.75) is 26.6 Å². The number of halogens is 2. The number of aromatic amines is 1. The van der Waals surface area contributed by atoms with Gasteiger partial charge in [-0.1, -0.05) is 23.2 Å². The largest absolute Gasteiger partial charge is 0.353 e. The number of rotatable bonds is 6. The number of H-pyrrole nitrogens is 1. The van der Waals surface area contributed by atoms with Gasteiger partial charge >= 0.3 is 0 Å². The molecule has 0 saturated heterocycles. The minimum absolute atomic E-state index is 0.0421. The molecule has 0 bridgehead atoms. The Hall–Kier alpha value is -1.41. The molecule has 0 aliphatic heterocycles. The summed E-state index contributed by atoms with van der Waals surface area (Å²) >= 11 is 17.4. The van der Waals surface area contributed by atoms with Gasteiger partial charge in [-0.3, -0.25) is 14.8 Å². The van der Waals surface area contributed by atoms with Crippen molar-refractivity contribution in [2.24, 2.45) is 0 Å². The number of hydrogen-bond donors (Lipinski definition) is 2. The molecule has 0 saturated carbocycles. The fraction of sp³-hybridized carbons (Fsp3) is 0.400. The van der Waals surface area contributed by atoms with Crippen LogP contribution in [0.1, 0.15) is 13.8 Å². The van der Waals surface area contributed by atoms with Gasteiger partial charge in [0.05, 0.1) is 18.2 Å². The first-order valence-corrected chi connectivity index (χ1v) is 8.53. The third-order valence-corrected chi connectivity index (χ3v) is 3.97. The predicted octanol–water partition coefficient (Wildman–Crippen LogP) is 3.33. The summed E-state index contributed by atoms with van der Waals surface area (Å²) in [6, 6.07) is 5.28. The fourth-order valence-electron chi connectivity index (χ4n) is 2.16. The third-order valence-electron chi connectivity index (χ3n) is 3.11. The summed E-state index contributed by atoms with van der Waals surface area (Å²) < 4.78 is 2.06. The minimum atomic E-state index is -0.0421. The van der Waals surface area contributed by atoms with E-state index in [9.17, 15) is 4.79 Å². The molecule has 0 aliphatic carbocycles. The molecule has 24 heavy (non-hydrogen) atoms. The molecule has 9 heteroatoms. The summed E-state index contributed by atoms with van der Waals surface area (Å²) in [5.74, 6) is 0.515. The predicted molar refractivity (Wildman–Crippen MR) is 98.8 cm³/mol. The lowest BCUT2D eigenvalue weighted by Crippen LogP contribution is -2.39. The normalized spacial score (nSPS) is 11.3. The highest BCUT2D eigenvalue weighted by Crippen LogP contribution is 2.27. The van der Waals surface area contributed by atoms with E-state index in [1.165, 1.54) is 0 Å². The molecule has 0 spiro atoms. The highest BCUT2D eigenvalue weighted by molar-refractivity contribution is 7.71. The van der Waals surface area contributed by atoms with E-state index in [-0.39, 0.29) is 18.5 Å². The SMILES string of the molecule is CC(C)NC(=O)CN(C)Cn1[nH]c(-c2ccc(Cl)cc2Cl)nc1=S. The van der Waals surface area contributed by atoms with Gasteiger partial charge < -0.3 is 5.32 Å². The molecule has 0 unspecified atom stereocenters. The first-order chi connectivity index (χ1) is 11.3. The molecule has 1 amide bonds. The zero-order valence-corrected chi connectivity index (χ0v) is 16.0. The number of amides is 1. The van der Waals surface area contributed by atoms with Crippen LogP contribution >= 0.6 is 35.4 Å². The number of nitrogens with zero attached hydrogens (tertiary/aromatic N) is 3. The number of aromatic nitrogens is 3. The molecular formula is C15H19Cl2N5OS. The smallest absolute Gasteiger partial charge is 0.234 e. The number of hydrogen-bond acceptors (Lipinski definition) is 4. The summed E-state index contributed by atoms with van der Waals surface area (Å²) in [7, 11) is 1.83. The van der Waals surface area contributed by atoms with Crippen molar-refractivity contribution >= 4 is 41.3 Å². The first-order valence-electron chi connectivity index (χ1n) is 7.36. The van der Waals surface area contributed by atoms with Crippen LogP contribution in [0.15, 0.2) is 18.2 Å². The van der Waals surface area contributed by atoms with Gasteiger partial charge in [-0.25, -0.2) is 4.68 Å². The molecule has 1 aromatic heterocycles. The lowest BCUT2D eigenvalue weighted by atomic mass is 10.2. The molecule has 2 rings (SSSR count). The van der Waals surface area contributed by atoms with E-state index in [0.717, 1.165) is 0 Å². The maximum atomic E-state index is 11.8. The Kier molecular flexibility index (Phi) is 6.40. The molecule has 6 nitrogen and oxygen atoms in total. The van der Waals surface area contributed by atoms with Gasteiger partial charge in [-0.15, -0.1) is 0 Å². The van der Waals surface area contributed by atoms with E-state index < -0.39 is 0 Å². The van der Waals surface area contributed by atoms with Gasteiger partial charge in [0.15, 0.2) is 5.82 Å². The highest BCUT2D eigenvalue weighted by atomic mass is 35.5. The van der Waals surface area contributed by atoms with Crippen molar-refractivity contribution in [2.75, 3.05) is 13.6 Å². The Bertz CT molecular complexity index is 786. The average Bonchev–Trinajstić information content (AvgIpc) is 2.78. The monoisotopic (exact) mass is 387 g/mol. The van der Waals surface area contributed by atoms with Gasteiger partial charge in [0, 0.05) is 16.6 Å². The van der Waals surface area contributed by atoms with Crippen molar-refractivity contribution in [1.29, 1.82) is 0 Å². The van der Waals surface area contributed by atoms with Gasteiger partial charge in [-0.2, -0.15) is 4.98 Å². The number of carbonyl (C=O) groups is 1. The van der Waals surface area contributed by atoms with Crippen LogP contribution in [0, 0.1) is 4.77 Å². The molecule has 0 atom stereocenters. The molecule has 2 aromatic rings. The molecule has 0 radical (unpaired) electrons. The van der Waals surface area contributed by atoms with Crippen LogP contribution in [-0.4, -0.2) is 45.2 Å². The van der Waals surface area contributed by atoms with Crippen LogP contribution in [0.5, 0.6) is 0 Å². The Morgan fingerprint density at radius 2 is 2.17 bits per heavy atom. The maximum Gasteiger partial charge on any atom is 0.234 e. The lowest BCUT2D eigenvalue weighted by molar-refractivity contribution is -0.122. The third kappa shape index (κ3) is 5.04. The topological polar surface area (TPSA) is 66.0 Å². The lowest BCUT2D eigenvalue weighted by Gasteiger charge is -2.17. The van der Waals surface area contributed by atoms with E-state index in [1.807, 2.05) is 25.8 Å². The molecule has 1 heterocycles. The second kappa shape index (κ2) is 8.11. The molecule has 1 aromatic carbocycles. The van der Waals surface area contributed by atoms with Crippen molar-refractivity contribution in [1.82, 2.24) is 25.0 Å². The van der Waals surface area contributed by atoms with E-state index in [1.54, 1.807) is 22.9 Å². The summed E-state index contributed by atoms with van der Waals surface area (Å²) in [6.07, 6.45) is 0. The van der Waals surface area contributed by atoms with Gasteiger partial charge in [-0.05, 0) is 51.3 Å². The molecule has 130 valence electrons. The Morgan fingerprint density at radius 3 is 2.79 bits per heavy atom. The Morgan fingerprint density at radius 1 is 1.46 bits per heavy atom. The van der Waals surface area contributed by atoms with Crippen LogP contribution in [0.2, 0.25) is 10.0 Å². The Labute approximate surface area is 155 Å². The van der Waals surface area contributed by atoms with E-state index in [4.69, 9.17) is 35.4 Å². The Balaban J connectivity index is 2.11. The van der Waals surface area contributed by atoms with Gasteiger partial charge in [0.1, 0.15) is 0 Å². The van der Waals surface area contributed by atoms with Crippen LogP contribution in [0.4, 0.5) is 0 Å². The van der Waals surface area contributed by atoms with Crippen molar-refractivity contribution in [3.8, 4) is 11.4 Å². The number of benzene rings is 1. The average molecular weight is 388 g/mol. The zero-order valence-electron chi connectivity index (χ0n) is 13.6. The summed E-state index contributed by atoms with van der Waals surface area (Å²) in [5.41, 5.74) is 0.714. The number of carbonyl (C=O) groups excluding carboxylic acids is 1. The summed E-state index contributed by atoms with van der Waals surface area (Å²) in [6.45, 7) is 4.51. The van der Waals surface area contributed by atoms with Gasteiger partial charge in [0.25, 0.3) is 0 Å². The molecule has 0 aliphatic rings. The second-order valence-corrected chi connectivity index (χ2v) is 6.99. The molecule has 2 N–H and O–H groups in total. The molecular weight excluding hydrogens is 369 g/mol. The minimum Gasteiger partial charge on any atom is -0.353 e. The standard InChI is InChI=1S/C15H19Cl2N5OS/c1-9(2)18-13(23)7-21(3)8-22-15(24)19-14(20-22)11-5-4-10(16)6-12(11)17/h4-6,9H,7-8H2,1-3H3,(H,18,23)(H,19,20,24). The van der Waals surface area contributed by atoms with Crippen molar-refractivity contribution in [3.63, 3.8) is 0 Å². The van der Waals surface area contributed by atoms with Crippen molar-refractivity contribution in [3.05, 3.63) is 33.0 Å². The zero-order chi connectivity index (χ0) is 17.9. The quantitative estimate of drug-likeness (QED) is 0.745. The van der Waals surface area contributed by atoms with Crippen LogP contribution < -0.4 is 5.32 Å². The number of likely N-dealkylation sites (N-methyl/N-ethyl adjacent to an activating group) is 1. The van der Waals surface area contributed by atoms with Gasteiger partial charge in [0.2, 0.25) is 10.7 Å². The van der Waals surface area contributed by atoms with Crippen LogP contribution in [0.25, 0.3) is 11.4 Å². The van der Waals surface area contributed by atoms with Crippen LogP contribution in [0.3, 0.4) is 0 Å². The maximum absolute atomic E-state index is 11.8. The van der Waals surface area contributed by atoms with E-state index in [2.05, 4.69) is 15.4 Å².